The number of amides is 2. The Morgan fingerprint density at radius 1 is 1.13 bits per heavy atom. The lowest BCUT2D eigenvalue weighted by Crippen LogP contribution is -2.56. The third-order valence-corrected chi connectivity index (χ3v) is 6.73. The van der Waals surface area contributed by atoms with E-state index >= 15 is 0 Å². The Balaban J connectivity index is 1.83. The maximum Gasteiger partial charge on any atom is 0.313 e. The number of fused-ring (bicyclic) bond motifs is 2. The SMILES string of the molecule is CCCCN1CC=C[C@]23O[C@]4(C)C=CCCOC(=O)[C@@H]4[C@H]2C(=O)N(CCO)C3C1=O. The van der Waals surface area contributed by atoms with Crippen LogP contribution in [0.4, 0.5) is 0 Å². The number of unbranched alkanes of at least 4 members (excludes halogenated alkanes) is 1. The molecule has 4 heterocycles. The zero-order valence-electron chi connectivity index (χ0n) is 17.6. The van der Waals surface area contributed by atoms with E-state index in [1.165, 1.54) is 4.90 Å². The summed E-state index contributed by atoms with van der Waals surface area (Å²) in [4.78, 5) is 43.3. The van der Waals surface area contributed by atoms with Crippen LogP contribution in [0.15, 0.2) is 24.3 Å². The summed E-state index contributed by atoms with van der Waals surface area (Å²) in [6, 6.07) is -0.913. The molecule has 4 aliphatic heterocycles. The number of cyclic esters (lactones) is 1. The molecule has 0 aliphatic carbocycles. The van der Waals surface area contributed by atoms with Crippen LogP contribution in [0.5, 0.6) is 0 Å². The van der Waals surface area contributed by atoms with E-state index in [2.05, 4.69) is 6.92 Å². The summed E-state index contributed by atoms with van der Waals surface area (Å²) < 4.78 is 12.0. The molecular weight excluding hydrogens is 388 g/mol. The van der Waals surface area contributed by atoms with Crippen LogP contribution in [-0.4, -0.2) is 82.8 Å². The van der Waals surface area contributed by atoms with E-state index < -0.39 is 35.0 Å². The molecule has 164 valence electrons. The fraction of sp³-hybridized carbons (Fsp3) is 0.682. The molecule has 0 aromatic heterocycles. The monoisotopic (exact) mass is 418 g/mol. The molecule has 0 bridgehead atoms. The molecule has 2 fully saturated rings. The van der Waals surface area contributed by atoms with Crippen molar-refractivity contribution in [1.82, 2.24) is 9.80 Å². The summed E-state index contributed by atoms with van der Waals surface area (Å²) in [6.45, 7) is 4.84. The molecule has 0 radical (unpaired) electrons. The minimum atomic E-state index is -1.27. The molecule has 5 atom stereocenters. The second kappa shape index (κ2) is 7.81. The number of aliphatic hydroxyl groups excluding tert-OH is 1. The van der Waals surface area contributed by atoms with Crippen LogP contribution >= 0.6 is 0 Å². The average molecular weight is 418 g/mol. The Bertz CT molecular complexity index is 794. The van der Waals surface area contributed by atoms with Crippen LogP contribution in [0.3, 0.4) is 0 Å². The number of rotatable bonds is 5. The molecule has 0 aromatic carbocycles. The van der Waals surface area contributed by atoms with Crippen molar-refractivity contribution in [3.63, 3.8) is 0 Å². The van der Waals surface area contributed by atoms with Gasteiger partial charge in [-0.05, 0) is 19.8 Å². The molecule has 30 heavy (non-hydrogen) atoms. The number of aliphatic hydroxyl groups is 1. The average Bonchev–Trinajstić information content (AvgIpc) is 3.01. The van der Waals surface area contributed by atoms with E-state index in [-0.39, 0.29) is 31.6 Å². The number of nitrogens with zero attached hydrogens (tertiary/aromatic N) is 2. The lowest BCUT2D eigenvalue weighted by Gasteiger charge is -2.37. The van der Waals surface area contributed by atoms with Crippen LogP contribution in [0.1, 0.15) is 33.1 Å². The maximum absolute atomic E-state index is 13.6. The normalized spacial score (nSPS) is 38.0. The van der Waals surface area contributed by atoms with Crippen molar-refractivity contribution in [2.45, 2.75) is 50.4 Å². The molecule has 8 heteroatoms. The highest BCUT2D eigenvalue weighted by Crippen LogP contribution is 2.57. The molecule has 0 saturated carbocycles. The Kier molecular flexibility index (Phi) is 5.48. The fourth-order valence-corrected chi connectivity index (χ4v) is 5.43. The van der Waals surface area contributed by atoms with Gasteiger partial charge in [-0.15, -0.1) is 0 Å². The summed E-state index contributed by atoms with van der Waals surface area (Å²) in [5, 5.41) is 9.60. The van der Waals surface area contributed by atoms with Crippen molar-refractivity contribution in [3.05, 3.63) is 24.3 Å². The first-order valence-electron chi connectivity index (χ1n) is 10.8. The Labute approximate surface area is 176 Å². The van der Waals surface area contributed by atoms with Gasteiger partial charge in [-0.3, -0.25) is 14.4 Å². The van der Waals surface area contributed by atoms with Gasteiger partial charge in [0.05, 0.1) is 24.7 Å². The second-order valence-corrected chi connectivity index (χ2v) is 8.65. The highest BCUT2D eigenvalue weighted by atomic mass is 16.6. The van der Waals surface area contributed by atoms with Gasteiger partial charge in [0.1, 0.15) is 17.6 Å². The molecule has 1 N–H and O–H groups in total. The van der Waals surface area contributed by atoms with Crippen molar-refractivity contribution in [2.24, 2.45) is 11.8 Å². The van der Waals surface area contributed by atoms with E-state index in [0.29, 0.717) is 19.5 Å². The third kappa shape index (κ3) is 3.00. The van der Waals surface area contributed by atoms with Crippen LogP contribution in [0.2, 0.25) is 0 Å². The zero-order valence-corrected chi connectivity index (χ0v) is 17.6. The van der Waals surface area contributed by atoms with Gasteiger partial charge in [0.15, 0.2) is 0 Å². The summed E-state index contributed by atoms with van der Waals surface area (Å²) in [5.41, 5.74) is -2.32. The van der Waals surface area contributed by atoms with Crippen molar-refractivity contribution >= 4 is 17.8 Å². The number of esters is 1. The van der Waals surface area contributed by atoms with E-state index in [0.717, 1.165) is 12.8 Å². The fourth-order valence-electron chi connectivity index (χ4n) is 5.43. The minimum Gasteiger partial charge on any atom is -0.465 e. The lowest BCUT2D eigenvalue weighted by atomic mass is 9.74. The summed E-state index contributed by atoms with van der Waals surface area (Å²) in [5.74, 6) is -2.75. The van der Waals surface area contributed by atoms with Gasteiger partial charge in [-0.2, -0.15) is 0 Å². The number of carbonyl (C=O) groups excluding carboxylic acids is 3. The van der Waals surface area contributed by atoms with Crippen LogP contribution < -0.4 is 0 Å². The van der Waals surface area contributed by atoms with Crippen molar-refractivity contribution in [1.29, 1.82) is 0 Å². The number of ether oxygens (including phenoxy) is 2. The minimum absolute atomic E-state index is 0.0145. The molecule has 1 spiro atoms. The highest BCUT2D eigenvalue weighted by molar-refractivity contribution is 5.99. The third-order valence-electron chi connectivity index (χ3n) is 6.73. The van der Waals surface area contributed by atoms with Gasteiger partial charge in [0.25, 0.3) is 0 Å². The number of hydrogen-bond acceptors (Lipinski definition) is 6. The maximum atomic E-state index is 13.6. The van der Waals surface area contributed by atoms with E-state index in [9.17, 15) is 19.5 Å². The molecule has 8 nitrogen and oxygen atoms in total. The Hall–Kier alpha value is -2.19. The molecule has 0 aromatic rings. The van der Waals surface area contributed by atoms with Crippen LogP contribution in [-0.2, 0) is 23.9 Å². The molecule has 4 rings (SSSR count). The van der Waals surface area contributed by atoms with Gasteiger partial charge in [0, 0.05) is 19.6 Å². The number of β-amino-alcohol motifs (C(OH)–C–C–N with tert-alkyl or cyclic N) is 1. The second-order valence-electron chi connectivity index (χ2n) is 8.65. The predicted molar refractivity (Wildman–Crippen MR) is 107 cm³/mol. The molecule has 2 amide bonds. The van der Waals surface area contributed by atoms with E-state index in [1.807, 2.05) is 18.2 Å². The van der Waals surface area contributed by atoms with Gasteiger partial charge in [0.2, 0.25) is 11.8 Å². The van der Waals surface area contributed by atoms with Gasteiger partial charge < -0.3 is 24.4 Å². The molecule has 4 aliphatic rings. The molecule has 2 saturated heterocycles. The van der Waals surface area contributed by atoms with Crippen molar-refractivity contribution in [2.75, 3.05) is 32.8 Å². The number of carbonyl (C=O) groups is 3. The quantitative estimate of drug-likeness (QED) is 0.520. The number of likely N-dealkylation sites (tertiary alicyclic amines) is 1. The van der Waals surface area contributed by atoms with E-state index in [1.54, 1.807) is 17.9 Å². The smallest absolute Gasteiger partial charge is 0.313 e. The van der Waals surface area contributed by atoms with Crippen molar-refractivity contribution < 1.29 is 29.0 Å². The lowest BCUT2D eigenvalue weighted by molar-refractivity contribution is -0.160. The summed E-state index contributed by atoms with van der Waals surface area (Å²) in [7, 11) is 0. The first kappa shape index (κ1) is 21.1. The predicted octanol–water partition coefficient (Wildman–Crippen LogP) is 0.651. The Morgan fingerprint density at radius 2 is 1.93 bits per heavy atom. The topological polar surface area (TPSA) is 96.4 Å². The number of hydrogen-bond donors (Lipinski definition) is 1. The highest BCUT2D eigenvalue weighted by Gasteiger charge is 2.74. The largest absolute Gasteiger partial charge is 0.465 e. The first-order chi connectivity index (χ1) is 14.4. The standard InChI is InChI=1S/C22H30N2O6/c1-3-4-10-23-11-7-9-22-15(18(26)24(12-13-25)17(22)19(23)27)16-20(28)29-14-6-5-8-21(16,2)30-22/h5,7-9,15-17,25H,3-4,6,10-14H2,1-2H3/t15-,16-,17?,21+,22-/m0/s1. The van der Waals surface area contributed by atoms with E-state index in [4.69, 9.17) is 9.47 Å². The molecular formula is C22H30N2O6. The first-order valence-corrected chi connectivity index (χ1v) is 10.8. The summed E-state index contributed by atoms with van der Waals surface area (Å²) in [6.07, 6.45) is 9.78. The van der Waals surface area contributed by atoms with Crippen LogP contribution in [0, 0.1) is 11.8 Å². The Morgan fingerprint density at radius 3 is 2.67 bits per heavy atom. The van der Waals surface area contributed by atoms with Gasteiger partial charge >= 0.3 is 5.97 Å². The zero-order chi connectivity index (χ0) is 21.5. The molecule has 1 unspecified atom stereocenters. The van der Waals surface area contributed by atoms with Gasteiger partial charge in [-0.1, -0.05) is 37.6 Å². The van der Waals surface area contributed by atoms with Crippen molar-refractivity contribution in [3.8, 4) is 0 Å². The van der Waals surface area contributed by atoms with Crippen LogP contribution in [0.25, 0.3) is 0 Å². The summed E-state index contributed by atoms with van der Waals surface area (Å²) >= 11 is 0. The van der Waals surface area contributed by atoms with Gasteiger partial charge in [-0.25, -0.2) is 0 Å².